The summed E-state index contributed by atoms with van der Waals surface area (Å²) < 4.78 is 5.34. The van der Waals surface area contributed by atoms with Crippen LogP contribution in [0, 0.1) is 5.92 Å². The van der Waals surface area contributed by atoms with Crippen molar-refractivity contribution >= 4 is 11.6 Å². The maximum absolute atomic E-state index is 12.1. The molecule has 1 saturated heterocycles. The fourth-order valence-electron chi connectivity index (χ4n) is 2.41. The first-order valence-corrected chi connectivity index (χ1v) is 7.36. The molecule has 1 aliphatic heterocycles. The molecule has 0 bridgehead atoms. The highest BCUT2D eigenvalue weighted by Crippen LogP contribution is 2.20. The van der Waals surface area contributed by atoms with E-state index < -0.39 is 0 Å². The molecule has 116 valence electrons. The van der Waals surface area contributed by atoms with Gasteiger partial charge in [-0.1, -0.05) is 0 Å². The maximum atomic E-state index is 12.1. The molecule has 1 amide bonds. The van der Waals surface area contributed by atoms with Gasteiger partial charge in [-0.3, -0.25) is 9.89 Å². The molecule has 1 fully saturated rings. The van der Waals surface area contributed by atoms with Gasteiger partial charge in [0.05, 0.1) is 19.1 Å². The monoisotopic (exact) mass is 301 g/mol. The Balaban J connectivity index is 1.64. The van der Waals surface area contributed by atoms with Gasteiger partial charge in [-0.15, -0.1) is 0 Å². The van der Waals surface area contributed by atoms with Crippen molar-refractivity contribution in [2.45, 2.75) is 19.4 Å². The van der Waals surface area contributed by atoms with Crippen LogP contribution in [0.5, 0.6) is 0 Å². The predicted molar refractivity (Wildman–Crippen MR) is 81.9 cm³/mol. The first-order chi connectivity index (χ1) is 10.8. The molecule has 7 nitrogen and oxygen atoms in total. The highest BCUT2D eigenvalue weighted by atomic mass is 16.5. The van der Waals surface area contributed by atoms with E-state index in [0.29, 0.717) is 24.8 Å². The van der Waals surface area contributed by atoms with Crippen LogP contribution < -0.4 is 11.1 Å². The maximum Gasteiger partial charge on any atom is 0.229 e. The van der Waals surface area contributed by atoms with Crippen LogP contribution in [0.3, 0.4) is 0 Å². The average molecular weight is 301 g/mol. The molecule has 0 radical (unpaired) electrons. The molecule has 1 aliphatic rings. The third-order valence-electron chi connectivity index (χ3n) is 3.67. The summed E-state index contributed by atoms with van der Waals surface area (Å²) in [6.45, 7) is 1.58. The molecule has 2 heterocycles. The van der Waals surface area contributed by atoms with Crippen molar-refractivity contribution in [1.82, 2.24) is 15.2 Å². The Labute approximate surface area is 128 Å². The number of ether oxygens (including phenoxy) is 1. The fourth-order valence-corrected chi connectivity index (χ4v) is 2.41. The Morgan fingerprint density at radius 2 is 2.23 bits per heavy atom. The Kier molecular flexibility index (Phi) is 4.45. The van der Waals surface area contributed by atoms with Gasteiger partial charge in [0.15, 0.2) is 5.82 Å². The van der Waals surface area contributed by atoms with E-state index in [1.54, 1.807) is 0 Å². The van der Waals surface area contributed by atoms with Gasteiger partial charge in [0, 0.05) is 17.9 Å². The Morgan fingerprint density at radius 1 is 1.41 bits per heavy atom. The van der Waals surface area contributed by atoms with Gasteiger partial charge in [0.2, 0.25) is 5.91 Å². The summed E-state index contributed by atoms with van der Waals surface area (Å²) in [5.41, 5.74) is 7.13. The summed E-state index contributed by atoms with van der Waals surface area (Å²) in [7, 11) is 0. The van der Waals surface area contributed by atoms with Crippen LogP contribution >= 0.6 is 0 Å². The zero-order valence-electron chi connectivity index (χ0n) is 12.2. The van der Waals surface area contributed by atoms with Crippen LogP contribution in [0.2, 0.25) is 0 Å². The minimum Gasteiger partial charge on any atom is -0.381 e. The molecule has 0 spiro atoms. The van der Waals surface area contributed by atoms with Crippen molar-refractivity contribution in [1.29, 1.82) is 0 Å². The summed E-state index contributed by atoms with van der Waals surface area (Å²) in [4.78, 5) is 16.4. The number of amides is 1. The normalized spacial score (nSPS) is 18.1. The van der Waals surface area contributed by atoms with Crippen molar-refractivity contribution in [3.8, 4) is 11.4 Å². The lowest BCUT2D eigenvalue weighted by Crippen LogP contribution is -2.30. The van der Waals surface area contributed by atoms with Crippen molar-refractivity contribution in [3.63, 3.8) is 0 Å². The number of hydrogen-bond acceptors (Lipinski definition) is 5. The van der Waals surface area contributed by atoms with E-state index in [1.165, 1.54) is 0 Å². The number of carbonyl (C=O) groups is 1. The number of nitrogens with one attached hydrogen (secondary N) is 2. The van der Waals surface area contributed by atoms with E-state index in [2.05, 4.69) is 20.5 Å². The fraction of sp³-hybridized carbons (Fsp3) is 0.400. The van der Waals surface area contributed by atoms with Crippen molar-refractivity contribution in [2.24, 2.45) is 11.7 Å². The van der Waals surface area contributed by atoms with Gasteiger partial charge in [0.25, 0.3) is 0 Å². The number of aromatic nitrogens is 3. The zero-order chi connectivity index (χ0) is 15.4. The number of hydrogen-bond donors (Lipinski definition) is 3. The van der Waals surface area contributed by atoms with Crippen LogP contribution in [0.25, 0.3) is 11.4 Å². The number of benzene rings is 1. The Hall–Kier alpha value is -2.25. The molecule has 1 unspecified atom stereocenters. The SMILES string of the molecule is NCc1nc(-c2ccc(NC(=O)C3CCCOC3)cc2)n[nH]1. The number of H-pyrrole nitrogens is 1. The summed E-state index contributed by atoms with van der Waals surface area (Å²) in [6, 6.07) is 7.43. The Morgan fingerprint density at radius 3 is 2.86 bits per heavy atom. The topological polar surface area (TPSA) is 106 Å². The van der Waals surface area contributed by atoms with E-state index in [1.807, 2.05) is 24.3 Å². The summed E-state index contributed by atoms with van der Waals surface area (Å²) in [5.74, 6) is 1.19. The van der Waals surface area contributed by atoms with Crippen molar-refractivity contribution < 1.29 is 9.53 Å². The van der Waals surface area contributed by atoms with Gasteiger partial charge in [-0.25, -0.2) is 4.98 Å². The van der Waals surface area contributed by atoms with Gasteiger partial charge in [-0.2, -0.15) is 5.10 Å². The van der Waals surface area contributed by atoms with Gasteiger partial charge in [0.1, 0.15) is 5.82 Å². The van der Waals surface area contributed by atoms with Crippen molar-refractivity contribution in [2.75, 3.05) is 18.5 Å². The summed E-state index contributed by atoms with van der Waals surface area (Å²) >= 11 is 0. The summed E-state index contributed by atoms with van der Waals surface area (Å²) in [5, 5.41) is 9.79. The smallest absolute Gasteiger partial charge is 0.229 e. The number of rotatable bonds is 4. The molecule has 7 heteroatoms. The van der Waals surface area contributed by atoms with Crippen LogP contribution in [0.4, 0.5) is 5.69 Å². The highest BCUT2D eigenvalue weighted by Gasteiger charge is 2.21. The molecule has 1 aromatic carbocycles. The van der Waals surface area contributed by atoms with E-state index in [-0.39, 0.29) is 11.8 Å². The van der Waals surface area contributed by atoms with E-state index in [4.69, 9.17) is 10.5 Å². The molecule has 3 rings (SSSR count). The molecule has 1 aromatic heterocycles. The van der Waals surface area contributed by atoms with E-state index in [9.17, 15) is 4.79 Å². The van der Waals surface area contributed by atoms with Gasteiger partial charge < -0.3 is 15.8 Å². The second-order valence-corrected chi connectivity index (χ2v) is 5.29. The van der Waals surface area contributed by atoms with E-state index >= 15 is 0 Å². The van der Waals surface area contributed by atoms with Crippen molar-refractivity contribution in [3.05, 3.63) is 30.1 Å². The highest BCUT2D eigenvalue weighted by molar-refractivity contribution is 5.92. The van der Waals surface area contributed by atoms with Crippen LogP contribution in [0.15, 0.2) is 24.3 Å². The summed E-state index contributed by atoms with van der Waals surface area (Å²) in [6.07, 6.45) is 1.81. The van der Waals surface area contributed by atoms with Crippen LogP contribution in [-0.4, -0.2) is 34.3 Å². The standard InChI is InChI=1S/C15H19N5O2/c16-8-13-18-14(20-19-13)10-3-5-12(6-4-10)17-15(21)11-2-1-7-22-9-11/h3-6,11H,1-2,7-9,16H2,(H,17,21)(H,18,19,20). The number of nitrogens with two attached hydrogens (primary N) is 1. The largest absolute Gasteiger partial charge is 0.381 e. The minimum absolute atomic E-state index is 0.00997. The lowest BCUT2D eigenvalue weighted by molar-refractivity contribution is -0.123. The van der Waals surface area contributed by atoms with Crippen LogP contribution in [0.1, 0.15) is 18.7 Å². The lowest BCUT2D eigenvalue weighted by atomic mass is 10.0. The minimum atomic E-state index is -0.0615. The molecule has 1 atom stereocenters. The van der Waals surface area contributed by atoms with Gasteiger partial charge in [-0.05, 0) is 37.1 Å². The number of carbonyl (C=O) groups excluding carboxylic acids is 1. The first kappa shape index (κ1) is 14.7. The zero-order valence-corrected chi connectivity index (χ0v) is 12.2. The van der Waals surface area contributed by atoms with Crippen LogP contribution in [-0.2, 0) is 16.1 Å². The quantitative estimate of drug-likeness (QED) is 0.789. The molecular formula is C15H19N5O2. The number of nitrogens with zero attached hydrogens (tertiary/aromatic N) is 2. The third-order valence-corrected chi connectivity index (χ3v) is 3.67. The molecule has 22 heavy (non-hydrogen) atoms. The first-order valence-electron chi connectivity index (χ1n) is 7.36. The van der Waals surface area contributed by atoms with E-state index in [0.717, 1.165) is 30.7 Å². The molecule has 0 saturated carbocycles. The molecular weight excluding hydrogens is 282 g/mol. The Bertz CT molecular complexity index is 632. The van der Waals surface area contributed by atoms with Gasteiger partial charge >= 0.3 is 0 Å². The third kappa shape index (κ3) is 3.32. The average Bonchev–Trinajstić information content (AvgIpc) is 3.05. The number of aromatic amines is 1. The number of anilines is 1. The second-order valence-electron chi connectivity index (χ2n) is 5.29. The second kappa shape index (κ2) is 6.67. The predicted octanol–water partition coefficient (Wildman–Crippen LogP) is 1.30. The lowest BCUT2D eigenvalue weighted by Gasteiger charge is -2.21. The molecule has 0 aliphatic carbocycles. The molecule has 4 N–H and O–H groups in total. The molecule has 2 aromatic rings.